The second-order valence-electron chi connectivity index (χ2n) is 5.47. The molecular weight excluding hydrogens is 312 g/mol. The average molecular weight is 334 g/mol. The lowest BCUT2D eigenvalue weighted by Crippen LogP contribution is -2.31. The number of nitrogens with zero attached hydrogens (tertiary/aromatic N) is 2. The summed E-state index contributed by atoms with van der Waals surface area (Å²) in [5, 5.41) is 0.0113. The number of carbonyl (C=O) groups excluding carboxylic acids is 3. The minimum absolute atomic E-state index is 0.00353. The van der Waals surface area contributed by atoms with Gasteiger partial charge in [-0.25, -0.2) is 0 Å². The van der Waals surface area contributed by atoms with Crippen molar-refractivity contribution in [2.45, 2.75) is 32.4 Å². The van der Waals surface area contributed by atoms with Gasteiger partial charge in [0.1, 0.15) is 0 Å². The van der Waals surface area contributed by atoms with E-state index >= 15 is 0 Å². The van der Waals surface area contributed by atoms with Crippen LogP contribution in [-0.2, 0) is 9.59 Å². The molecule has 0 aliphatic carbocycles. The molecule has 0 bridgehead atoms. The Morgan fingerprint density at radius 2 is 2.00 bits per heavy atom. The minimum atomic E-state index is -0.0295. The van der Waals surface area contributed by atoms with Gasteiger partial charge in [-0.3, -0.25) is 14.4 Å². The van der Waals surface area contributed by atoms with E-state index < -0.39 is 0 Å². The highest BCUT2D eigenvalue weighted by Crippen LogP contribution is 2.29. The maximum absolute atomic E-state index is 12.4. The van der Waals surface area contributed by atoms with Crippen molar-refractivity contribution in [3.8, 4) is 0 Å². The summed E-state index contributed by atoms with van der Waals surface area (Å²) in [7, 11) is 0. The van der Waals surface area contributed by atoms with Gasteiger partial charge in [-0.1, -0.05) is 17.8 Å². The minimum Gasteiger partial charge on any atom is -0.339 e. The summed E-state index contributed by atoms with van der Waals surface area (Å²) in [4.78, 5) is 39.3. The van der Waals surface area contributed by atoms with E-state index in [2.05, 4.69) is 0 Å². The third-order valence-electron chi connectivity index (χ3n) is 3.88. The monoisotopic (exact) mass is 334 g/mol. The van der Waals surface area contributed by atoms with Crippen LogP contribution in [-0.4, -0.2) is 46.7 Å². The molecule has 0 saturated carbocycles. The van der Waals surface area contributed by atoms with Crippen molar-refractivity contribution in [3.05, 3.63) is 29.8 Å². The largest absolute Gasteiger partial charge is 0.339 e. The summed E-state index contributed by atoms with van der Waals surface area (Å²) in [6, 6.07) is 7.16. The first kappa shape index (κ1) is 17.5. The molecule has 1 aromatic rings. The van der Waals surface area contributed by atoms with Gasteiger partial charge in [-0.2, -0.15) is 0 Å². The quantitative estimate of drug-likeness (QED) is 0.830. The van der Waals surface area contributed by atoms with Crippen molar-refractivity contribution in [2.75, 3.05) is 24.5 Å². The molecule has 1 aliphatic heterocycles. The predicted octanol–water partition coefficient (Wildman–Crippen LogP) is 2.55. The van der Waals surface area contributed by atoms with Crippen molar-refractivity contribution in [2.24, 2.45) is 0 Å². The van der Waals surface area contributed by atoms with Gasteiger partial charge in [-0.05, 0) is 32.0 Å². The number of amides is 2. The summed E-state index contributed by atoms with van der Waals surface area (Å²) in [6.07, 6.45) is 0.360. The first-order valence-corrected chi connectivity index (χ1v) is 8.71. The Hall–Kier alpha value is -1.82. The number of rotatable bonds is 5. The fourth-order valence-electron chi connectivity index (χ4n) is 2.74. The Balaban J connectivity index is 2.18. The highest BCUT2D eigenvalue weighted by atomic mass is 32.2. The molecule has 0 N–H and O–H groups in total. The number of thioether (sulfide) groups is 1. The summed E-state index contributed by atoms with van der Waals surface area (Å²) < 4.78 is 0. The van der Waals surface area contributed by atoms with Crippen LogP contribution in [0.2, 0.25) is 0 Å². The van der Waals surface area contributed by atoms with Crippen LogP contribution in [0.4, 0.5) is 5.69 Å². The first-order chi connectivity index (χ1) is 11.0. The highest BCUT2D eigenvalue weighted by molar-refractivity contribution is 8.14. The van der Waals surface area contributed by atoms with Crippen LogP contribution in [0.3, 0.4) is 0 Å². The molecule has 1 aromatic carbocycles. The molecule has 0 aromatic heterocycles. The number of hydrogen-bond donors (Lipinski definition) is 0. The van der Waals surface area contributed by atoms with Crippen LogP contribution in [0.15, 0.2) is 24.3 Å². The van der Waals surface area contributed by atoms with Gasteiger partial charge in [0.2, 0.25) is 5.91 Å². The molecular formula is C17H22N2O3S. The van der Waals surface area contributed by atoms with Crippen LogP contribution in [0.1, 0.15) is 37.6 Å². The molecule has 0 spiro atoms. The number of benzene rings is 1. The van der Waals surface area contributed by atoms with Gasteiger partial charge in [0.25, 0.3) is 5.91 Å². The van der Waals surface area contributed by atoms with Crippen LogP contribution in [0.5, 0.6) is 0 Å². The van der Waals surface area contributed by atoms with Gasteiger partial charge < -0.3 is 9.80 Å². The molecule has 5 nitrogen and oxygen atoms in total. The summed E-state index contributed by atoms with van der Waals surface area (Å²) in [6.45, 7) is 7.21. The number of anilines is 1. The van der Waals surface area contributed by atoms with Gasteiger partial charge >= 0.3 is 0 Å². The lowest BCUT2D eigenvalue weighted by atomic mass is 10.1. The average Bonchev–Trinajstić information content (AvgIpc) is 2.88. The molecule has 1 fully saturated rings. The molecule has 1 aliphatic rings. The molecule has 1 atom stereocenters. The SMILES string of the molecule is CCN(CC)C(=O)c1cccc(N2CC(SC(C)=O)CC2=O)c1. The Kier molecular flexibility index (Phi) is 5.82. The van der Waals surface area contributed by atoms with Gasteiger partial charge in [0, 0.05) is 49.5 Å². The Morgan fingerprint density at radius 1 is 1.30 bits per heavy atom. The molecule has 1 saturated heterocycles. The predicted molar refractivity (Wildman–Crippen MR) is 92.7 cm³/mol. The Morgan fingerprint density at radius 3 is 2.61 bits per heavy atom. The second kappa shape index (κ2) is 7.64. The maximum Gasteiger partial charge on any atom is 0.253 e. The Labute approximate surface area is 141 Å². The van der Waals surface area contributed by atoms with Crippen molar-refractivity contribution in [1.29, 1.82) is 0 Å². The third kappa shape index (κ3) is 4.13. The zero-order valence-electron chi connectivity index (χ0n) is 13.7. The normalized spacial score (nSPS) is 17.4. The number of carbonyl (C=O) groups is 3. The van der Waals surface area contributed by atoms with Crippen LogP contribution >= 0.6 is 11.8 Å². The van der Waals surface area contributed by atoms with Crippen LogP contribution in [0, 0.1) is 0 Å². The molecule has 23 heavy (non-hydrogen) atoms. The zero-order valence-corrected chi connectivity index (χ0v) is 14.6. The zero-order chi connectivity index (χ0) is 17.0. The van der Waals surface area contributed by atoms with Gasteiger partial charge in [-0.15, -0.1) is 0 Å². The summed E-state index contributed by atoms with van der Waals surface area (Å²) in [5.41, 5.74) is 1.31. The molecule has 1 unspecified atom stereocenters. The van der Waals surface area contributed by atoms with E-state index in [9.17, 15) is 14.4 Å². The topological polar surface area (TPSA) is 57.7 Å². The summed E-state index contributed by atoms with van der Waals surface area (Å²) >= 11 is 1.21. The van der Waals surface area contributed by atoms with Crippen LogP contribution < -0.4 is 4.90 Å². The van der Waals surface area contributed by atoms with Crippen LogP contribution in [0.25, 0.3) is 0 Å². The molecule has 2 rings (SSSR count). The molecule has 1 heterocycles. The lowest BCUT2D eigenvalue weighted by molar-refractivity contribution is -0.117. The van der Waals surface area contributed by atoms with Gasteiger partial charge in [0.05, 0.1) is 0 Å². The van der Waals surface area contributed by atoms with Crippen molar-refractivity contribution in [3.63, 3.8) is 0 Å². The van der Waals surface area contributed by atoms with Gasteiger partial charge in [0.15, 0.2) is 5.12 Å². The third-order valence-corrected chi connectivity index (χ3v) is 4.86. The smallest absolute Gasteiger partial charge is 0.253 e. The molecule has 0 radical (unpaired) electrons. The first-order valence-electron chi connectivity index (χ1n) is 7.83. The van der Waals surface area contributed by atoms with Crippen molar-refractivity contribution in [1.82, 2.24) is 4.90 Å². The van der Waals surface area contributed by atoms with E-state index in [4.69, 9.17) is 0 Å². The fraction of sp³-hybridized carbons (Fsp3) is 0.471. The van der Waals surface area contributed by atoms with E-state index in [0.29, 0.717) is 31.6 Å². The van der Waals surface area contributed by atoms with E-state index in [1.807, 2.05) is 19.9 Å². The van der Waals surface area contributed by atoms with E-state index in [1.165, 1.54) is 18.7 Å². The van der Waals surface area contributed by atoms with Crippen molar-refractivity contribution >= 4 is 34.4 Å². The standard InChI is InChI=1S/C17H22N2O3S/c1-4-18(5-2)17(22)13-7-6-8-14(9-13)19-11-15(10-16(19)21)23-12(3)20/h6-9,15H,4-5,10-11H2,1-3H3. The van der Waals surface area contributed by atoms with E-state index in [0.717, 1.165) is 5.69 Å². The van der Waals surface area contributed by atoms with E-state index in [-0.39, 0.29) is 22.2 Å². The number of hydrogen-bond acceptors (Lipinski definition) is 4. The highest BCUT2D eigenvalue weighted by Gasteiger charge is 2.32. The van der Waals surface area contributed by atoms with E-state index in [1.54, 1.807) is 28.0 Å². The Bertz CT molecular complexity index is 614. The van der Waals surface area contributed by atoms with Crippen molar-refractivity contribution < 1.29 is 14.4 Å². The lowest BCUT2D eigenvalue weighted by Gasteiger charge is -2.21. The summed E-state index contributed by atoms with van der Waals surface area (Å²) in [5.74, 6) is -0.0330. The molecule has 6 heteroatoms. The second-order valence-corrected chi connectivity index (χ2v) is 6.94. The fourth-order valence-corrected chi connectivity index (χ4v) is 3.66. The molecule has 2 amide bonds. The maximum atomic E-state index is 12.4. The molecule has 124 valence electrons.